The van der Waals surface area contributed by atoms with E-state index in [1.54, 1.807) is 12.3 Å². The summed E-state index contributed by atoms with van der Waals surface area (Å²) in [4.78, 5) is 19.2. The molecule has 0 unspecified atom stereocenters. The van der Waals surface area contributed by atoms with Crippen LogP contribution in [-0.2, 0) is 5.41 Å². The average Bonchev–Trinajstić information content (AvgIpc) is 2.73. The van der Waals surface area contributed by atoms with E-state index in [4.69, 9.17) is 16.9 Å². The van der Waals surface area contributed by atoms with Gasteiger partial charge in [-0.15, -0.1) is 0 Å². The van der Waals surface area contributed by atoms with Gasteiger partial charge in [0.05, 0.1) is 10.6 Å². The molecule has 3 rings (SSSR count). The molecular formula is C24H29ClN4O. The van der Waals surface area contributed by atoms with Crippen LogP contribution in [0.3, 0.4) is 0 Å². The van der Waals surface area contributed by atoms with Crippen LogP contribution >= 0.6 is 11.6 Å². The SMILES string of the molecule is CN(c1ccc(C#N)c(Cl)c1)C1CCC(NC(=O)c2ccc(C(C)(C)C)cn2)CC1. The van der Waals surface area contributed by atoms with Crippen LogP contribution < -0.4 is 10.2 Å². The highest BCUT2D eigenvalue weighted by molar-refractivity contribution is 6.32. The van der Waals surface area contributed by atoms with E-state index < -0.39 is 0 Å². The van der Waals surface area contributed by atoms with Crippen LogP contribution in [0, 0.1) is 11.3 Å². The molecule has 1 aliphatic rings. The maximum absolute atomic E-state index is 12.6. The second-order valence-electron chi connectivity index (χ2n) is 9.05. The van der Waals surface area contributed by atoms with Crippen LogP contribution in [0.4, 0.5) is 5.69 Å². The fourth-order valence-electron chi connectivity index (χ4n) is 3.86. The molecule has 6 heteroatoms. The van der Waals surface area contributed by atoms with Crippen molar-refractivity contribution >= 4 is 23.2 Å². The van der Waals surface area contributed by atoms with Crippen molar-refractivity contribution in [1.82, 2.24) is 10.3 Å². The highest BCUT2D eigenvalue weighted by Crippen LogP contribution is 2.29. The van der Waals surface area contributed by atoms with Crippen LogP contribution in [-0.4, -0.2) is 30.0 Å². The van der Waals surface area contributed by atoms with Crippen molar-refractivity contribution in [3.8, 4) is 6.07 Å². The van der Waals surface area contributed by atoms with Gasteiger partial charge in [-0.05, 0) is 60.9 Å². The number of pyridine rings is 1. The zero-order valence-corrected chi connectivity index (χ0v) is 18.8. The number of hydrogen-bond donors (Lipinski definition) is 1. The fraction of sp³-hybridized carbons (Fsp3) is 0.458. The number of halogens is 1. The predicted molar refractivity (Wildman–Crippen MR) is 121 cm³/mol. The summed E-state index contributed by atoms with van der Waals surface area (Å²) < 4.78 is 0. The molecule has 1 aromatic heterocycles. The molecule has 0 atom stereocenters. The van der Waals surface area contributed by atoms with Crippen LogP contribution in [0.15, 0.2) is 36.5 Å². The molecule has 0 spiro atoms. The van der Waals surface area contributed by atoms with Gasteiger partial charge in [-0.2, -0.15) is 5.26 Å². The van der Waals surface area contributed by atoms with Crippen molar-refractivity contribution in [2.24, 2.45) is 0 Å². The molecule has 0 aliphatic heterocycles. The first-order chi connectivity index (χ1) is 14.2. The quantitative estimate of drug-likeness (QED) is 0.742. The van der Waals surface area contributed by atoms with Crippen molar-refractivity contribution in [3.63, 3.8) is 0 Å². The van der Waals surface area contributed by atoms with Crippen LogP contribution in [0.1, 0.15) is 68.1 Å². The second kappa shape index (κ2) is 9.06. The number of amides is 1. The summed E-state index contributed by atoms with van der Waals surface area (Å²) in [5, 5.41) is 12.7. The van der Waals surface area contributed by atoms with E-state index in [0.29, 0.717) is 22.3 Å². The molecule has 30 heavy (non-hydrogen) atoms. The van der Waals surface area contributed by atoms with Gasteiger partial charge in [0, 0.05) is 31.0 Å². The minimum Gasteiger partial charge on any atom is -0.372 e. The van der Waals surface area contributed by atoms with Gasteiger partial charge >= 0.3 is 0 Å². The summed E-state index contributed by atoms with van der Waals surface area (Å²) >= 11 is 6.18. The number of rotatable bonds is 4. The Balaban J connectivity index is 1.54. The van der Waals surface area contributed by atoms with E-state index in [1.165, 1.54) is 0 Å². The van der Waals surface area contributed by atoms with Gasteiger partial charge in [0.25, 0.3) is 5.91 Å². The third kappa shape index (κ3) is 5.12. The van der Waals surface area contributed by atoms with Gasteiger partial charge in [0.15, 0.2) is 0 Å². The van der Waals surface area contributed by atoms with Crippen molar-refractivity contribution in [1.29, 1.82) is 5.26 Å². The number of carbonyl (C=O) groups excluding carboxylic acids is 1. The molecule has 1 fully saturated rings. The summed E-state index contributed by atoms with van der Waals surface area (Å²) in [5.74, 6) is -0.105. The minimum atomic E-state index is -0.105. The Morgan fingerprint density at radius 3 is 2.43 bits per heavy atom. The molecule has 1 N–H and O–H groups in total. The number of hydrogen-bond acceptors (Lipinski definition) is 4. The van der Waals surface area contributed by atoms with Gasteiger partial charge in [-0.3, -0.25) is 9.78 Å². The molecule has 2 aromatic rings. The highest BCUT2D eigenvalue weighted by atomic mass is 35.5. The molecule has 158 valence electrons. The monoisotopic (exact) mass is 424 g/mol. The first-order valence-corrected chi connectivity index (χ1v) is 10.8. The standard InChI is InChI=1S/C24H29ClN4O/c1-24(2,3)17-6-12-22(27-15-17)23(30)28-18-7-10-19(11-8-18)29(4)20-9-5-16(14-26)21(25)13-20/h5-6,9,12-13,15,18-19H,7-8,10-11H2,1-4H3,(H,28,30). The molecule has 1 heterocycles. The second-order valence-corrected chi connectivity index (χ2v) is 9.46. The van der Waals surface area contributed by atoms with Crippen LogP contribution in [0.25, 0.3) is 0 Å². The van der Waals surface area contributed by atoms with Crippen molar-refractivity contribution < 1.29 is 4.79 Å². The van der Waals surface area contributed by atoms with E-state index >= 15 is 0 Å². The third-order valence-corrected chi connectivity index (χ3v) is 6.23. The number of carbonyl (C=O) groups is 1. The Kier molecular flexibility index (Phi) is 6.67. The third-order valence-electron chi connectivity index (χ3n) is 5.92. The number of aromatic nitrogens is 1. The predicted octanol–water partition coefficient (Wildman–Crippen LogP) is 5.08. The van der Waals surface area contributed by atoms with Gasteiger partial charge in [0.2, 0.25) is 0 Å². The van der Waals surface area contributed by atoms with E-state index in [2.05, 4.69) is 49.1 Å². The molecule has 1 aliphatic carbocycles. The van der Waals surface area contributed by atoms with Crippen molar-refractivity contribution in [3.05, 3.63) is 58.4 Å². The van der Waals surface area contributed by atoms with Crippen LogP contribution in [0.2, 0.25) is 5.02 Å². The lowest BCUT2D eigenvalue weighted by molar-refractivity contribution is 0.0920. The Labute approximate surface area is 184 Å². The summed E-state index contributed by atoms with van der Waals surface area (Å²) in [5.41, 5.74) is 3.10. The number of anilines is 1. The molecule has 1 saturated carbocycles. The smallest absolute Gasteiger partial charge is 0.270 e. The molecule has 0 radical (unpaired) electrons. The molecule has 5 nitrogen and oxygen atoms in total. The first kappa shape index (κ1) is 22.1. The van der Waals surface area contributed by atoms with Gasteiger partial charge in [-0.1, -0.05) is 38.4 Å². The summed E-state index contributed by atoms with van der Waals surface area (Å²) in [6.45, 7) is 6.39. The lowest BCUT2D eigenvalue weighted by atomic mass is 9.88. The fourth-order valence-corrected chi connectivity index (χ4v) is 4.08. The first-order valence-electron chi connectivity index (χ1n) is 10.4. The number of nitrogens with one attached hydrogen (secondary N) is 1. The molecule has 1 aromatic carbocycles. The molecular weight excluding hydrogens is 396 g/mol. The van der Waals surface area contributed by atoms with Gasteiger partial charge < -0.3 is 10.2 Å². The largest absolute Gasteiger partial charge is 0.372 e. The Morgan fingerprint density at radius 1 is 1.20 bits per heavy atom. The molecule has 0 bridgehead atoms. The zero-order chi connectivity index (χ0) is 21.9. The van der Waals surface area contributed by atoms with Crippen molar-refractivity contribution in [2.45, 2.75) is 64.0 Å². The molecule has 1 amide bonds. The maximum atomic E-state index is 12.6. The van der Waals surface area contributed by atoms with E-state index in [9.17, 15) is 4.79 Å². The number of nitrogens with zero attached hydrogens (tertiary/aromatic N) is 3. The Morgan fingerprint density at radius 2 is 1.90 bits per heavy atom. The zero-order valence-electron chi connectivity index (χ0n) is 18.1. The Hall–Kier alpha value is -2.58. The van der Waals surface area contributed by atoms with Gasteiger partial charge in [0.1, 0.15) is 11.8 Å². The maximum Gasteiger partial charge on any atom is 0.270 e. The Bertz CT molecular complexity index is 935. The van der Waals surface area contributed by atoms with Crippen molar-refractivity contribution in [2.75, 3.05) is 11.9 Å². The van der Waals surface area contributed by atoms with Gasteiger partial charge in [-0.25, -0.2) is 0 Å². The average molecular weight is 425 g/mol. The highest BCUT2D eigenvalue weighted by Gasteiger charge is 2.26. The molecule has 0 saturated heterocycles. The van der Waals surface area contributed by atoms with E-state index in [0.717, 1.165) is 36.9 Å². The summed E-state index contributed by atoms with van der Waals surface area (Å²) in [6, 6.07) is 12.0. The lowest BCUT2D eigenvalue weighted by Gasteiger charge is -2.36. The topological polar surface area (TPSA) is 69.0 Å². The summed E-state index contributed by atoms with van der Waals surface area (Å²) in [6.07, 6.45) is 5.60. The van der Waals surface area contributed by atoms with E-state index in [1.807, 2.05) is 24.3 Å². The normalized spacial score (nSPS) is 19.1. The lowest BCUT2D eigenvalue weighted by Crippen LogP contribution is -2.43. The van der Waals surface area contributed by atoms with Crippen LogP contribution in [0.5, 0.6) is 0 Å². The number of nitriles is 1. The minimum absolute atomic E-state index is 0.0194. The number of benzene rings is 1. The van der Waals surface area contributed by atoms with E-state index in [-0.39, 0.29) is 17.4 Å². The summed E-state index contributed by atoms with van der Waals surface area (Å²) in [7, 11) is 2.06.